The third-order valence-electron chi connectivity index (χ3n) is 2.42. The molecule has 1 aliphatic carbocycles. The molecule has 1 aromatic rings. The molecule has 2 rings (SSSR count). The molecule has 0 saturated heterocycles. The van der Waals surface area contributed by atoms with E-state index in [1.165, 1.54) is 19.1 Å². The van der Waals surface area contributed by atoms with Gasteiger partial charge in [0.05, 0.1) is 7.11 Å². The van der Waals surface area contributed by atoms with Crippen molar-refractivity contribution in [3.8, 4) is 5.88 Å². The highest BCUT2D eigenvalue weighted by Crippen LogP contribution is 2.28. The number of halogens is 1. The zero-order valence-electron chi connectivity index (χ0n) is 8.09. The van der Waals surface area contributed by atoms with Crippen LogP contribution in [0.3, 0.4) is 0 Å². The number of ether oxygens (including phenoxy) is 1. The summed E-state index contributed by atoms with van der Waals surface area (Å²) < 4.78 is 18.1. The van der Waals surface area contributed by atoms with Gasteiger partial charge in [-0.3, -0.25) is 0 Å². The van der Waals surface area contributed by atoms with E-state index in [9.17, 15) is 4.39 Å². The van der Waals surface area contributed by atoms with Crippen LogP contribution in [0.15, 0.2) is 17.7 Å². The SMILES string of the molecule is COc1ccc(C=C2CCC2)c(F)n1. The first-order valence-electron chi connectivity index (χ1n) is 4.69. The highest BCUT2D eigenvalue weighted by Gasteiger charge is 2.10. The van der Waals surface area contributed by atoms with Crippen LogP contribution in [0.5, 0.6) is 5.88 Å². The van der Waals surface area contributed by atoms with Crippen molar-refractivity contribution < 1.29 is 9.13 Å². The Morgan fingerprint density at radius 1 is 1.43 bits per heavy atom. The molecule has 0 radical (unpaired) electrons. The molecular formula is C11H12FNO. The van der Waals surface area contributed by atoms with Crippen LogP contribution in [0.1, 0.15) is 24.8 Å². The molecule has 0 N–H and O–H groups in total. The summed E-state index contributed by atoms with van der Waals surface area (Å²) in [6.45, 7) is 0. The Balaban J connectivity index is 2.25. The third-order valence-corrected chi connectivity index (χ3v) is 2.42. The van der Waals surface area contributed by atoms with Crippen molar-refractivity contribution in [2.24, 2.45) is 0 Å². The van der Waals surface area contributed by atoms with Gasteiger partial charge in [-0.05, 0) is 25.3 Å². The van der Waals surface area contributed by atoms with E-state index in [0.717, 1.165) is 12.8 Å². The number of pyridine rings is 1. The van der Waals surface area contributed by atoms with E-state index < -0.39 is 5.95 Å². The van der Waals surface area contributed by atoms with E-state index >= 15 is 0 Å². The van der Waals surface area contributed by atoms with Crippen LogP contribution in [0.2, 0.25) is 0 Å². The molecule has 3 heteroatoms. The molecule has 1 aliphatic rings. The highest BCUT2D eigenvalue weighted by atomic mass is 19.1. The Labute approximate surface area is 82.4 Å². The van der Waals surface area contributed by atoms with Gasteiger partial charge in [0.1, 0.15) is 0 Å². The van der Waals surface area contributed by atoms with Gasteiger partial charge in [0.15, 0.2) is 0 Å². The van der Waals surface area contributed by atoms with Crippen molar-refractivity contribution in [1.82, 2.24) is 4.98 Å². The number of methoxy groups -OCH3 is 1. The van der Waals surface area contributed by atoms with Crippen molar-refractivity contribution in [1.29, 1.82) is 0 Å². The minimum Gasteiger partial charge on any atom is -0.481 e. The second-order valence-corrected chi connectivity index (χ2v) is 3.39. The van der Waals surface area contributed by atoms with Crippen LogP contribution in [-0.2, 0) is 0 Å². The maximum absolute atomic E-state index is 13.3. The fraction of sp³-hybridized carbons (Fsp3) is 0.364. The average molecular weight is 193 g/mol. The normalized spacial score (nSPS) is 14.9. The molecule has 0 amide bonds. The van der Waals surface area contributed by atoms with Gasteiger partial charge in [0.2, 0.25) is 11.8 Å². The summed E-state index contributed by atoms with van der Waals surface area (Å²) in [5, 5.41) is 0. The van der Waals surface area contributed by atoms with E-state index in [1.807, 2.05) is 6.08 Å². The zero-order chi connectivity index (χ0) is 9.97. The first kappa shape index (κ1) is 9.19. The summed E-state index contributed by atoms with van der Waals surface area (Å²) in [4.78, 5) is 3.67. The highest BCUT2D eigenvalue weighted by molar-refractivity contribution is 5.54. The molecule has 0 unspecified atom stereocenters. The molecule has 0 aromatic carbocycles. The fourth-order valence-corrected chi connectivity index (χ4v) is 1.39. The van der Waals surface area contributed by atoms with E-state index in [2.05, 4.69) is 4.98 Å². The Kier molecular flexibility index (Phi) is 2.48. The minimum atomic E-state index is -0.455. The number of aromatic nitrogens is 1. The van der Waals surface area contributed by atoms with Crippen molar-refractivity contribution in [3.05, 3.63) is 29.2 Å². The van der Waals surface area contributed by atoms with Crippen LogP contribution in [0, 0.1) is 5.95 Å². The smallest absolute Gasteiger partial charge is 0.223 e. The standard InChI is InChI=1S/C11H12FNO/c1-14-10-6-5-9(11(12)13-10)7-8-3-2-4-8/h5-7H,2-4H2,1H3. The predicted octanol–water partition coefficient (Wildman–Crippen LogP) is 2.80. The second kappa shape index (κ2) is 3.78. The number of hydrogen-bond donors (Lipinski definition) is 0. The van der Waals surface area contributed by atoms with Gasteiger partial charge in [0.25, 0.3) is 0 Å². The minimum absolute atomic E-state index is 0.318. The number of nitrogens with zero attached hydrogens (tertiary/aromatic N) is 1. The lowest BCUT2D eigenvalue weighted by atomic mass is 9.91. The topological polar surface area (TPSA) is 22.1 Å². The summed E-state index contributed by atoms with van der Waals surface area (Å²) in [6.07, 6.45) is 5.28. The van der Waals surface area contributed by atoms with Crippen molar-refractivity contribution in [3.63, 3.8) is 0 Å². The Hall–Kier alpha value is -1.38. The fourth-order valence-electron chi connectivity index (χ4n) is 1.39. The van der Waals surface area contributed by atoms with Gasteiger partial charge in [-0.2, -0.15) is 9.37 Å². The summed E-state index contributed by atoms with van der Waals surface area (Å²) >= 11 is 0. The summed E-state index contributed by atoms with van der Waals surface area (Å²) in [7, 11) is 1.48. The van der Waals surface area contributed by atoms with Crippen LogP contribution >= 0.6 is 0 Å². The summed E-state index contributed by atoms with van der Waals surface area (Å²) in [5.74, 6) is -0.137. The molecule has 2 nitrogen and oxygen atoms in total. The van der Waals surface area contributed by atoms with Crippen LogP contribution in [0.25, 0.3) is 6.08 Å². The predicted molar refractivity (Wildman–Crippen MR) is 52.6 cm³/mol. The molecule has 0 bridgehead atoms. The molecule has 0 spiro atoms. The van der Waals surface area contributed by atoms with E-state index in [1.54, 1.807) is 12.1 Å². The molecular weight excluding hydrogens is 181 g/mol. The first-order chi connectivity index (χ1) is 6.79. The molecule has 0 aliphatic heterocycles. The van der Waals surface area contributed by atoms with Gasteiger partial charge in [-0.15, -0.1) is 0 Å². The van der Waals surface area contributed by atoms with E-state index in [-0.39, 0.29) is 0 Å². The van der Waals surface area contributed by atoms with Crippen molar-refractivity contribution in [2.75, 3.05) is 7.11 Å². The molecule has 14 heavy (non-hydrogen) atoms. The van der Waals surface area contributed by atoms with Gasteiger partial charge in [-0.1, -0.05) is 11.6 Å². The number of hydrogen-bond acceptors (Lipinski definition) is 2. The lowest BCUT2D eigenvalue weighted by molar-refractivity contribution is 0.387. The maximum atomic E-state index is 13.3. The van der Waals surface area contributed by atoms with Crippen LogP contribution in [-0.4, -0.2) is 12.1 Å². The average Bonchev–Trinajstić information content (AvgIpc) is 2.13. The van der Waals surface area contributed by atoms with Crippen molar-refractivity contribution >= 4 is 6.08 Å². The Morgan fingerprint density at radius 2 is 2.21 bits per heavy atom. The van der Waals surface area contributed by atoms with Crippen molar-refractivity contribution in [2.45, 2.75) is 19.3 Å². The van der Waals surface area contributed by atoms with Gasteiger partial charge >= 0.3 is 0 Å². The number of rotatable bonds is 2. The van der Waals surface area contributed by atoms with E-state index in [0.29, 0.717) is 11.4 Å². The van der Waals surface area contributed by atoms with Gasteiger partial charge in [-0.25, -0.2) is 0 Å². The Bertz CT molecular complexity index is 368. The molecule has 1 fully saturated rings. The number of allylic oxidation sites excluding steroid dienone is 1. The molecule has 1 aromatic heterocycles. The lowest BCUT2D eigenvalue weighted by Crippen LogP contribution is -1.98. The molecule has 1 heterocycles. The monoisotopic (exact) mass is 193 g/mol. The summed E-state index contributed by atoms with van der Waals surface area (Å²) in [5.41, 5.74) is 1.86. The van der Waals surface area contributed by atoms with Gasteiger partial charge < -0.3 is 4.74 Å². The van der Waals surface area contributed by atoms with Gasteiger partial charge in [0, 0.05) is 11.6 Å². The molecule has 1 saturated carbocycles. The largest absolute Gasteiger partial charge is 0.481 e. The van der Waals surface area contributed by atoms with E-state index in [4.69, 9.17) is 4.74 Å². The molecule has 74 valence electrons. The quantitative estimate of drug-likeness (QED) is 0.674. The lowest BCUT2D eigenvalue weighted by Gasteiger charge is -2.15. The summed E-state index contributed by atoms with van der Waals surface area (Å²) in [6, 6.07) is 3.38. The van der Waals surface area contributed by atoms with Crippen LogP contribution in [0.4, 0.5) is 4.39 Å². The molecule has 0 atom stereocenters. The first-order valence-corrected chi connectivity index (χ1v) is 4.69. The Morgan fingerprint density at radius 3 is 2.71 bits per heavy atom. The second-order valence-electron chi connectivity index (χ2n) is 3.39. The maximum Gasteiger partial charge on any atom is 0.223 e. The zero-order valence-corrected chi connectivity index (χ0v) is 8.09. The van der Waals surface area contributed by atoms with Crippen LogP contribution < -0.4 is 4.74 Å². The third kappa shape index (κ3) is 1.76.